The van der Waals surface area contributed by atoms with E-state index in [0.717, 1.165) is 25.9 Å². The Morgan fingerprint density at radius 2 is 2.00 bits per heavy atom. The summed E-state index contributed by atoms with van der Waals surface area (Å²) in [6, 6.07) is -1.28. The quantitative estimate of drug-likeness (QED) is 0.434. The maximum atomic E-state index is 11.6. The van der Waals surface area contributed by atoms with Crippen LogP contribution < -0.4 is 16.4 Å². The number of ether oxygens (including phenoxy) is 1. The van der Waals surface area contributed by atoms with Crippen LogP contribution in [-0.2, 0) is 19.1 Å². The number of amides is 2. The van der Waals surface area contributed by atoms with Crippen molar-refractivity contribution in [2.45, 2.75) is 37.8 Å². The van der Waals surface area contributed by atoms with Gasteiger partial charge in [-0.05, 0) is 25.9 Å². The van der Waals surface area contributed by atoms with Crippen LogP contribution in [0.3, 0.4) is 0 Å². The Kier molecular flexibility index (Phi) is 6.96. The number of hydrogen-bond acceptors (Lipinski definition) is 5. The van der Waals surface area contributed by atoms with Crippen molar-refractivity contribution in [3.05, 3.63) is 0 Å². The van der Waals surface area contributed by atoms with Gasteiger partial charge in [0.2, 0.25) is 11.8 Å². The zero-order valence-electron chi connectivity index (χ0n) is 11.3. The molecule has 1 rings (SSSR count). The van der Waals surface area contributed by atoms with Gasteiger partial charge in [0, 0.05) is 6.42 Å². The molecule has 0 unspecified atom stereocenters. The van der Waals surface area contributed by atoms with Crippen molar-refractivity contribution in [2.75, 3.05) is 19.7 Å². The summed E-state index contributed by atoms with van der Waals surface area (Å²) < 4.78 is 5.54. The fourth-order valence-corrected chi connectivity index (χ4v) is 1.95. The van der Waals surface area contributed by atoms with Gasteiger partial charge in [0.1, 0.15) is 6.04 Å². The van der Waals surface area contributed by atoms with Crippen molar-refractivity contribution >= 4 is 17.8 Å². The summed E-state index contributed by atoms with van der Waals surface area (Å²) in [5.41, 5.74) is 4.92. The average molecular weight is 287 g/mol. The molecule has 1 aliphatic heterocycles. The van der Waals surface area contributed by atoms with Crippen LogP contribution in [0.4, 0.5) is 0 Å². The Morgan fingerprint density at radius 3 is 2.55 bits per heavy atom. The van der Waals surface area contributed by atoms with Crippen LogP contribution in [-0.4, -0.2) is 54.7 Å². The van der Waals surface area contributed by atoms with Gasteiger partial charge in [-0.2, -0.15) is 0 Å². The summed E-state index contributed by atoms with van der Waals surface area (Å²) in [6.45, 7) is 2.03. The first-order chi connectivity index (χ1) is 9.49. The van der Waals surface area contributed by atoms with Gasteiger partial charge in [0.15, 0.2) is 0 Å². The first kappa shape index (κ1) is 16.4. The maximum absolute atomic E-state index is 11.6. The summed E-state index contributed by atoms with van der Waals surface area (Å²) in [5, 5.41) is 14.3. The first-order valence-corrected chi connectivity index (χ1v) is 6.62. The van der Waals surface area contributed by atoms with Crippen molar-refractivity contribution in [3.63, 3.8) is 0 Å². The van der Waals surface area contributed by atoms with Crippen molar-refractivity contribution < 1.29 is 24.2 Å². The standard InChI is InChI=1S/C12H21N3O5/c13-10(16)7-9(12(18)19)15-11(17)3-6-20-8-1-4-14-5-2-8/h8-9,14H,1-7H2,(H2,13,16)(H,15,17)(H,18,19)/t9-/m0/s1. The van der Waals surface area contributed by atoms with E-state index in [9.17, 15) is 14.4 Å². The number of carboxylic acids is 1. The SMILES string of the molecule is NC(=O)C[C@H](NC(=O)CCOC1CCNCC1)C(=O)O. The topological polar surface area (TPSA) is 131 Å². The van der Waals surface area contributed by atoms with Gasteiger partial charge in [-0.1, -0.05) is 0 Å². The third-order valence-corrected chi connectivity index (χ3v) is 3.01. The minimum Gasteiger partial charge on any atom is -0.480 e. The molecule has 114 valence electrons. The minimum absolute atomic E-state index is 0.0620. The smallest absolute Gasteiger partial charge is 0.326 e. The molecule has 0 bridgehead atoms. The van der Waals surface area contributed by atoms with Gasteiger partial charge >= 0.3 is 5.97 Å². The van der Waals surface area contributed by atoms with Crippen LogP contribution in [0, 0.1) is 0 Å². The van der Waals surface area contributed by atoms with Crippen LogP contribution in [0.1, 0.15) is 25.7 Å². The molecular weight excluding hydrogens is 266 g/mol. The van der Waals surface area contributed by atoms with E-state index in [0.29, 0.717) is 0 Å². The van der Waals surface area contributed by atoms with Gasteiger partial charge in [-0.3, -0.25) is 9.59 Å². The number of nitrogens with two attached hydrogens (primary N) is 1. The van der Waals surface area contributed by atoms with Crippen molar-refractivity contribution in [3.8, 4) is 0 Å². The van der Waals surface area contributed by atoms with Gasteiger partial charge in [-0.15, -0.1) is 0 Å². The molecule has 8 heteroatoms. The first-order valence-electron chi connectivity index (χ1n) is 6.62. The highest BCUT2D eigenvalue weighted by molar-refractivity contribution is 5.88. The lowest BCUT2D eigenvalue weighted by molar-refractivity contribution is -0.143. The zero-order chi connectivity index (χ0) is 15.0. The third-order valence-electron chi connectivity index (χ3n) is 3.01. The van der Waals surface area contributed by atoms with E-state index in [2.05, 4.69) is 10.6 Å². The highest BCUT2D eigenvalue weighted by Crippen LogP contribution is 2.07. The molecule has 1 heterocycles. The number of primary amides is 1. The number of piperidine rings is 1. The molecule has 0 aromatic rings. The number of nitrogens with one attached hydrogen (secondary N) is 2. The largest absolute Gasteiger partial charge is 0.480 e. The maximum Gasteiger partial charge on any atom is 0.326 e. The van der Waals surface area contributed by atoms with Gasteiger partial charge in [0.05, 0.1) is 19.1 Å². The average Bonchev–Trinajstić information content (AvgIpc) is 2.38. The predicted octanol–water partition coefficient (Wildman–Crippen LogP) is -1.41. The number of carbonyl (C=O) groups excluding carboxylic acids is 2. The lowest BCUT2D eigenvalue weighted by Crippen LogP contribution is -2.43. The Bertz CT molecular complexity index is 355. The van der Waals surface area contributed by atoms with E-state index in [-0.39, 0.29) is 19.1 Å². The molecule has 2 amide bonds. The van der Waals surface area contributed by atoms with Crippen molar-refractivity contribution in [2.24, 2.45) is 5.73 Å². The normalized spacial score (nSPS) is 17.4. The highest BCUT2D eigenvalue weighted by Gasteiger charge is 2.22. The molecule has 0 aromatic carbocycles. The predicted molar refractivity (Wildman–Crippen MR) is 69.8 cm³/mol. The van der Waals surface area contributed by atoms with E-state index in [1.807, 2.05) is 0 Å². The van der Waals surface area contributed by atoms with E-state index in [4.69, 9.17) is 15.6 Å². The van der Waals surface area contributed by atoms with Crippen LogP contribution in [0.25, 0.3) is 0 Å². The number of carboxylic acid groups (broad SMARTS) is 1. The Labute approximate surface area is 117 Å². The van der Waals surface area contributed by atoms with E-state index in [1.165, 1.54) is 0 Å². The van der Waals surface area contributed by atoms with Crippen LogP contribution >= 0.6 is 0 Å². The molecule has 20 heavy (non-hydrogen) atoms. The van der Waals surface area contributed by atoms with Crippen LogP contribution in [0.15, 0.2) is 0 Å². The second-order valence-electron chi connectivity index (χ2n) is 4.70. The van der Waals surface area contributed by atoms with Crippen LogP contribution in [0.2, 0.25) is 0 Å². The molecule has 1 saturated heterocycles. The molecule has 8 nitrogen and oxygen atoms in total. The summed E-state index contributed by atoms with van der Waals surface area (Å²) >= 11 is 0. The molecule has 0 saturated carbocycles. The Balaban J connectivity index is 2.23. The molecule has 0 aliphatic carbocycles. The Morgan fingerprint density at radius 1 is 1.35 bits per heavy atom. The fraction of sp³-hybridized carbons (Fsp3) is 0.750. The summed E-state index contributed by atoms with van der Waals surface area (Å²) in [5.74, 6) is -2.52. The van der Waals surface area contributed by atoms with Gasteiger partial charge < -0.3 is 26.2 Å². The molecule has 0 radical (unpaired) electrons. The second kappa shape index (κ2) is 8.49. The lowest BCUT2D eigenvalue weighted by Gasteiger charge is -2.22. The van der Waals surface area contributed by atoms with E-state index in [1.54, 1.807) is 0 Å². The fourth-order valence-electron chi connectivity index (χ4n) is 1.95. The highest BCUT2D eigenvalue weighted by atomic mass is 16.5. The number of carbonyl (C=O) groups is 3. The monoisotopic (exact) mass is 287 g/mol. The summed E-state index contributed by atoms with van der Waals surface area (Å²) in [7, 11) is 0. The number of rotatable bonds is 8. The molecule has 0 spiro atoms. The minimum atomic E-state index is -1.28. The molecule has 1 aliphatic rings. The lowest BCUT2D eigenvalue weighted by atomic mass is 10.1. The van der Waals surface area contributed by atoms with E-state index < -0.39 is 30.2 Å². The van der Waals surface area contributed by atoms with Crippen LogP contribution in [0.5, 0.6) is 0 Å². The van der Waals surface area contributed by atoms with E-state index >= 15 is 0 Å². The summed E-state index contributed by atoms with van der Waals surface area (Å²) in [4.78, 5) is 33.1. The van der Waals surface area contributed by atoms with Gasteiger partial charge in [-0.25, -0.2) is 4.79 Å². The number of hydrogen-bond donors (Lipinski definition) is 4. The molecule has 1 fully saturated rings. The van der Waals surface area contributed by atoms with Gasteiger partial charge in [0.25, 0.3) is 0 Å². The molecular formula is C12H21N3O5. The number of aliphatic carboxylic acids is 1. The zero-order valence-corrected chi connectivity index (χ0v) is 11.3. The summed E-state index contributed by atoms with van der Waals surface area (Å²) in [6.07, 6.45) is 1.59. The van der Waals surface area contributed by atoms with Crippen molar-refractivity contribution in [1.29, 1.82) is 0 Å². The second-order valence-corrected chi connectivity index (χ2v) is 4.70. The Hall–Kier alpha value is -1.67. The van der Waals surface area contributed by atoms with Crippen molar-refractivity contribution in [1.82, 2.24) is 10.6 Å². The molecule has 1 atom stereocenters. The molecule has 5 N–H and O–H groups in total. The third kappa shape index (κ3) is 6.48. The molecule has 0 aromatic heterocycles.